The number of fused-ring (bicyclic) bond motifs is 1. The van der Waals surface area contributed by atoms with E-state index in [0.717, 1.165) is 15.3 Å². The highest BCUT2D eigenvalue weighted by atomic mass is 32.2. The molecule has 0 bridgehead atoms. The maximum atomic E-state index is 12.4. The maximum Gasteiger partial charge on any atom is 0.251 e. The minimum Gasteiger partial charge on any atom is -0.459 e. The SMILES string of the molecule is C[C@H](NC(=O)c1ccc(S(=O)(=O)N(C)C)cc1)c1cc2ccccc2o1. The lowest BCUT2D eigenvalue weighted by atomic mass is 10.1. The van der Waals surface area contributed by atoms with Crippen LogP contribution in [0.25, 0.3) is 11.0 Å². The van der Waals surface area contributed by atoms with E-state index in [-0.39, 0.29) is 16.8 Å². The first-order valence-electron chi connectivity index (χ1n) is 8.11. The Hall–Kier alpha value is -2.64. The molecule has 0 aliphatic heterocycles. The van der Waals surface area contributed by atoms with Crippen LogP contribution in [-0.2, 0) is 10.0 Å². The Balaban J connectivity index is 1.75. The normalized spacial score (nSPS) is 13.1. The average molecular weight is 372 g/mol. The van der Waals surface area contributed by atoms with E-state index in [2.05, 4.69) is 5.32 Å². The van der Waals surface area contributed by atoms with Crippen molar-refractivity contribution in [2.45, 2.75) is 17.9 Å². The van der Waals surface area contributed by atoms with Gasteiger partial charge in [0, 0.05) is 25.0 Å². The highest BCUT2D eigenvalue weighted by Crippen LogP contribution is 2.24. The number of amides is 1. The molecule has 7 heteroatoms. The van der Waals surface area contributed by atoms with Gasteiger partial charge in [0.1, 0.15) is 11.3 Å². The molecular formula is C19H20N2O4S. The molecule has 1 aromatic heterocycles. The molecule has 1 amide bonds. The van der Waals surface area contributed by atoms with E-state index < -0.39 is 10.0 Å². The van der Waals surface area contributed by atoms with Crippen molar-refractivity contribution in [2.75, 3.05) is 14.1 Å². The lowest BCUT2D eigenvalue weighted by molar-refractivity contribution is 0.0935. The fourth-order valence-corrected chi connectivity index (χ4v) is 3.46. The zero-order valence-corrected chi connectivity index (χ0v) is 15.6. The molecule has 26 heavy (non-hydrogen) atoms. The molecule has 0 saturated carbocycles. The van der Waals surface area contributed by atoms with Gasteiger partial charge < -0.3 is 9.73 Å². The van der Waals surface area contributed by atoms with Crippen LogP contribution >= 0.6 is 0 Å². The van der Waals surface area contributed by atoms with Gasteiger partial charge >= 0.3 is 0 Å². The second-order valence-corrected chi connectivity index (χ2v) is 8.35. The van der Waals surface area contributed by atoms with Crippen LogP contribution < -0.4 is 5.32 Å². The van der Waals surface area contributed by atoms with E-state index in [9.17, 15) is 13.2 Å². The second kappa shape index (κ2) is 6.93. The van der Waals surface area contributed by atoms with Gasteiger partial charge in [-0.3, -0.25) is 4.79 Å². The first kappa shape index (κ1) is 18.2. The van der Waals surface area contributed by atoms with E-state index in [1.165, 1.54) is 38.4 Å². The number of nitrogens with zero attached hydrogens (tertiary/aromatic N) is 1. The van der Waals surface area contributed by atoms with Crippen molar-refractivity contribution in [1.29, 1.82) is 0 Å². The fourth-order valence-electron chi connectivity index (χ4n) is 2.56. The quantitative estimate of drug-likeness (QED) is 0.746. The van der Waals surface area contributed by atoms with Gasteiger partial charge in [-0.2, -0.15) is 0 Å². The fraction of sp³-hybridized carbons (Fsp3) is 0.211. The van der Waals surface area contributed by atoms with Crippen LogP contribution in [0.2, 0.25) is 0 Å². The summed E-state index contributed by atoms with van der Waals surface area (Å²) in [6.45, 7) is 1.83. The minimum absolute atomic E-state index is 0.143. The highest BCUT2D eigenvalue weighted by molar-refractivity contribution is 7.89. The number of rotatable bonds is 5. The molecule has 0 radical (unpaired) electrons. The van der Waals surface area contributed by atoms with Gasteiger partial charge in [-0.25, -0.2) is 12.7 Å². The molecule has 3 rings (SSSR count). The molecule has 0 fully saturated rings. The topological polar surface area (TPSA) is 79.6 Å². The molecule has 6 nitrogen and oxygen atoms in total. The lowest BCUT2D eigenvalue weighted by Crippen LogP contribution is -2.26. The molecule has 0 saturated heterocycles. The largest absolute Gasteiger partial charge is 0.459 e. The summed E-state index contributed by atoms with van der Waals surface area (Å²) in [5, 5.41) is 3.84. The van der Waals surface area contributed by atoms with E-state index in [4.69, 9.17) is 4.42 Å². The molecule has 2 aromatic carbocycles. The predicted molar refractivity (Wildman–Crippen MR) is 99.4 cm³/mol. The first-order valence-corrected chi connectivity index (χ1v) is 9.55. The van der Waals surface area contributed by atoms with E-state index in [0.29, 0.717) is 11.3 Å². The van der Waals surface area contributed by atoms with Crippen LogP contribution in [0, 0.1) is 0 Å². The van der Waals surface area contributed by atoms with Gasteiger partial charge in [-0.05, 0) is 43.3 Å². The molecule has 3 aromatic rings. The van der Waals surface area contributed by atoms with Crippen LogP contribution in [-0.4, -0.2) is 32.7 Å². The number of carbonyl (C=O) groups is 1. The van der Waals surface area contributed by atoms with Gasteiger partial charge in [0.2, 0.25) is 10.0 Å². The van der Waals surface area contributed by atoms with Gasteiger partial charge in [0.15, 0.2) is 0 Å². The molecular weight excluding hydrogens is 352 g/mol. The standard InChI is InChI=1S/C19H20N2O4S/c1-13(18-12-15-6-4-5-7-17(15)25-18)20-19(22)14-8-10-16(11-9-14)26(23,24)21(2)3/h4-13H,1-3H3,(H,20,22)/t13-/m0/s1. The number of carbonyl (C=O) groups excluding carboxylic acids is 1. The van der Waals surface area contributed by atoms with Crippen molar-refractivity contribution < 1.29 is 17.6 Å². The number of furan rings is 1. The summed E-state index contributed by atoms with van der Waals surface area (Å²) in [6.07, 6.45) is 0. The van der Waals surface area contributed by atoms with Crippen LogP contribution in [0.5, 0.6) is 0 Å². The summed E-state index contributed by atoms with van der Waals surface area (Å²) in [6, 6.07) is 15.1. The zero-order valence-electron chi connectivity index (χ0n) is 14.8. The average Bonchev–Trinajstić information content (AvgIpc) is 3.06. The lowest BCUT2D eigenvalue weighted by Gasteiger charge is -2.13. The number of benzene rings is 2. The number of hydrogen-bond donors (Lipinski definition) is 1. The molecule has 136 valence electrons. The van der Waals surface area contributed by atoms with Crippen LogP contribution in [0.1, 0.15) is 29.1 Å². The zero-order chi connectivity index (χ0) is 18.9. The molecule has 0 aliphatic rings. The monoisotopic (exact) mass is 372 g/mol. The van der Waals surface area contributed by atoms with E-state index in [1.807, 2.05) is 37.3 Å². The summed E-state index contributed by atoms with van der Waals surface area (Å²) >= 11 is 0. The highest BCUT2D eigenvalue weighted by Gasteiger charge is 2.19. The number of para-hydroxylation sites is 1. The van der Waals surface area contributed by atoms with Crippen molar-refractivity contribution in [3.63, 3.8) is 0 Å². The Bertz CT molecular complexity index is 1000. The number of sulfonamides is 1. The van der Waals surface area contributed by atoms with Crippen molar-refractivity contribution >= 4 is 26.9 Å². The molecule has 0 aliphatic carbocycles. The van der Waals surface area contributed by atoms with Crippen molar-refractivity contribution in [2.24, 2.45) is 0 Å². The third-order valence-corrected chi connectivity index (χ3v) is 5.94. The van der Waals surface area contributed by atoms with Gasteiger partial charge in [-0.15, -0.1) is 0 Å². The molecule has 0 unspecified atom stereocenters. The van der Waals surface area contributed by atoms with E-state index >= 15 is 0 Å². The summed E-state index contributed by atoms with van der Waals surface area (Å²) in [7, 11) is -0.587. The Morgan fingerprint density at radius 3 is 2.35 bits per heavy atom. The summed E-state index contributed by atoms with van der Waals surface area (Å²) < 4.78 is 31.0. The van der Waals surface area contributed by atoms with Gasteiger partial charge in [0.25, 0.3) is 5.91 Å². The summed E-state index contributed by atoms with van der Waals surface area (Å²) in [5.41, 5.74) is 1.15. The third kappa shape index (κ3) is 3.49. The van der Waals surface area contributed by atoms with Gasteiger partial charge in [-0.1, -0.05) is 18.2 Å². The molecule has 0 spiro atoms. The van der Waals surface area contributed by atoms with Gasteiger partial charge in [0.05, 0.1) is 10.9 Å². The number of hydrogen-bond acceptors (Lipinski definition) is 4. The van der Waals surface area contributed by atoms with Crippen LogP contribution in [0.15, 0.2) is 63.9 Å². The van der Waals surface area contributed by atoms with Crippen LogP contribution in [0.3, 0.4) is 0 Å². The Kier molecular flexibility index (Phi) is 4.84. The smallest absolute Gasteiger partial charge is 0.251 e. The second-order valence-electron chi connectivity index (χ2n) is 6.19. The first-order chi connectivity index (χ1) is 12.3. The Morgan fingerprint density at radius 2 is 1.73 bits per heavy atom. The Morgan fingerprint density at radius 1 is 1.08 bits per heavy atom. The third-order valence-electron chi connectivity index (χ3n) is 4.11. The molecule has 1 heterocycles. The Labute approximate surface area is 152 Å². The maximum absolute atomic E-state index is 12.4. The van der Waals surface area contributed by atoms with Crippen molar-refractivity contribution in [3.05, 3.63) is 65.9 Å². The minimum atomic E-state index is -3.51. The molecule has 1 atom stereocenters. The summed E-state index contributed by atoms with van der Waals surface area (Å²) in [4.78, 5) is 12.6. The van der Waals surface area contributed by atoms with E-state index in [1.54, 1.807) is 0 Å². The predicted octanol–water partition coefficient (Wildman–Crippen LogP) is 3.17. The van der Waals surface area contributed by atoms with Crippen molar-refractivity contribution in [3.8, 4) is 0 Å². The summed E-state index contributed by atoms with van der Waals surface area (Å²) in [5.74, 6) is 0.359. The molecule has 1 N–H and O–H groups in total. The number of nitrogens with one attached hydrogen (secondary N) is 1. The van der Waals surface area contributed by atoms with Crippen molar-refractivity contribution in [1.82, 2.24) is 9.62 Å². The van der Waals surface area contributed by atoms with Crippen LogP contribution in [0.4, 0.5) is 0 Å².